The van der Waals surface area contributed by atoms with Gasteiger partial charge in [-0.1, -0.05) is 26.0 Å². The fourth-order valence-electron chi connectivity index (χ4n) is 2.46. The van der Waals surface area contributed by atoms with Crippen LogP contribution in [0.5, 0.6) is 0 Å². The molecule has 0 spiro atoms. The summed E-state index contributed by atoms with van der Waals surface area (Å²) < 4.78 is 0. The first-order valence-electron chi connectivity index (χ1n) is 6.90. The van der Waals surface area contributed by atoms with Crippen molar-refractivity contribution in [2.24, 2.45) is 0 Å². The standard InChI is InChI=1S/C15H22N2O2/c1-11(2)12-5-3-6-13(9-12)16-15(19)17-8-4-7-14(17)10-18/h3,5-6,9,11,14,18H,4,7-8,10H2,1-2H3,(H,16,19)/t14-/m0/s1. The molecule has 1 saturated heterocycles. The summed E-state index contributed by atoms with van der Waals surface area (Å²) in [7, 11) is 0. The van der Waals surface area contributed by atoms with Gasteiger partial charge in [-0.3, -0.25) is 0 Å². The number of anilines is 1. The Balaban J connectivity index is 2.04. The largest absolute Gasteiger partial charge is 0.394 e. The first-order valence-corrected chi connectivity index (χ1v) is 6.90. The Morgan fingerprint density at radius 2 is 2.32 bits per heavy atom. The molecule has 0 aliphatic carbocycles. The molecule has 1 atom stereocenters. The van der Waals surface area contributed by atoms with Crippen molar-refractivity contribution in [1.82, 2.24) is 4.90 Å². The first-order chi connectivity index (χ1) is 9.11. The predicted molar refractivity (Wildman–Crippen MR) is 76.4 cm³/mol. The molecule has 0 saturated carbocycles. The first kappa shape index (κ1) is 13.9. The number of hydrogen-bond acceptors (Lipinski definition) is 2. The molecule has 104 valence electrons. The summed E-state index contributed by atoms with van der Waals surface area (Å²) in [4.78, 5) is 13.9. The molecular weight excluding hydrogens is 240 g/mol. The number of benzene rings is 1. The number of hydrogen-bond donors (Lipinski definition) is 2. The number of carbonyl (C=O) groups excluding carboxylic acids is 1. The van der Waals surface area contributed by atoms with Gasteiger partial charge in [0.05, 0.1) is 12.6 Å². The van der Waals surface area contributed by atoms with Crippen molar-refractivity contribution in [2.75, 3.05) is 18.5 Å². The lowest BCUT2D eigenvalue weighted by molar-refractivity contribution is 0.166. The second kappa shape index (κ2) is 6.06. The van der Waals surface area contributed by atoms with Crippen molar-refractivity contribution in [1.29, 1.82) is 0 Å². The molecule has 4 heteroatoms. The van der Waals surface area contributed by atoms with E-state index in [-0.39, 0.29) is 18.7 Å². The van der Waals surface area contributed by atoms with E-state index in [1.165, 1.54) is 5.56 Å². The number of aliphatic hydroxyl groups is 1. The Hall–Kier alpha value is -1.55. The summed E-state index contributed by atoms with van der Waals surface area (Å²) in [5.41, 5.74) is 2.03. The van der Waals surface area contributed by atoms with Crippen molar-refractivity contribution in [3.05, 3.63) is 29.8 Å². The maximum atomic E-state index is 12.2. The molecule has 1 aromatic carbocycles. The summed E-state index contributed by atoms with van der Waals surface area (Å²) in [6.07, 6.45) is 1.85. The van der Waals surface area contributed by atoms with Gasteiger partial charge in [0.15, 0.2) is 0 Å². The van der Waals surface area contributed by atoms with E-state index in [9.17, 15) is 9.90 Å². The summed E-state index contributed by atoms with van der Waals surface area (Å²) in [5.74, 6) is 0.439. The Labute approximate surface area is 114 Å². The van der Waals surface area contributed by atoms with Crippen LogP contribution in [0.15, 0.2) is 24.3 Å². The van der Waals surface area contributed by atoms with Crippen molar-refractivity contribution >= 4 is 11.7 Å². The number of aliphatic hydroxyl groups excluding tert-OH is 1. The number of likely N-dealkylation sites (tertiary alicyclic amines) is 1. The van der Waals surface area contributed by atoms with Crippen LogP contribution < -0.4 is 5.32 Å². The lowest BCUT2D eigenvalue weighted by atomic mass is 10.0. The Bertz CT molecular complexity index is 446. The zero-order valence-corrected chi connectivity index (χ0v) is 11.6. The molecule has 2 rings (SSSR count). The monoisotopic (exact) mass is 262 g/mol. The highest BCUT2D eigenvalue weighted by molar-refractivity contribution is 5.89. The van der Waals surface area contributed by atoms with E-state index in [1.54, 1.807) is 4.90 Å². The summed E-state index contributed by atoms with van der Waals surface area (Å²) in [6.45, 7) is 5.02. The maximum absolute atomic E-state index is 12.2. The lowest BCUT2D eigenvalue weighted by Gasteiger charge is -2.23. The fraction of sp³-hybridized carbons (Fsp3) is 0.533. The molecule has 1 fully saturated rings. The number of nitrogens with zero attached hydrogens (tertiary/aromatic N) is 1. The van der Waals surface area contributed by atoms with Crippen LogP contribution >= 0.6 is 0 Å². The molecule has 1 aliphatic rings. The van der Waals surface area contributed by atoms with Gasteiger partial charge < -0.3 is 15.3 Å². The zero-order chi connectivity index (χ0) is 13.8. The van der Waals surface area contributed by atoms with E-state index < -0.39 is 0 Å². The van der Waals surface area contributed by atoms with Gasteiger partial charge in [0.1, 0.15) is 0 Å². The van der Waals surface area contributed by atoms with Gasteiger partial charge in [-0.05, 0) is 36.5 Å². The Morgan fingerprint density at radius 1 is 1.53 bits per heavy atom. The topological polar surface area (TPSA) is 52.6 Å². The lowest BCUT2D eigenvalue weighted by Crippen LogP contribution is -2.40. The quantitative estimate of drug-likeness (QED) is 0.880. The molecular formula is C15H22N2O2. The highest BCUT2D eigenvalue weighted by Gasteiger charge is 2.27. The second-order valence-corrected chi connectivity index (χ2v) is 5.38. The van der Waals surface area contributed by atoms with Gasteiger partial charge in [-0.15, -0.1) is 0 Å². The van der Waals surface area contributed by atoms with E-state index >= 15 is 0 Å². The molecule has 0 unspecified atom stereocenters. The molecule has 1 heterocycles. The highest BCUT2D eigenvalue weighted by atomic mass is 16.3. The fourth-order valence-corrected chi connectivity index (χ4v) is 2.46. The zero-order valence-electron chi connectivity index (χ0n) is 11.6. The molecule has 0 radical (unpaired) electrons. The second-order valence-electron chi connectivity index (χ2n) is 5.38. The number of amides is 2. The van der Waals surface area contributed by atoms with E-state index in [4.69, 9.17) is 0 Å². The number of nitrogens with one attached hydrogen (secondary N) is 1. The molecule has 1 aliphatic heterocycles. The van der Waals surface area contributed by atoms with Gasteiger partial charge in [0.2, 0.25) is 0 Å². The Morgan fingerprint density at radius 3 is 3.00 bits per heavy atom. The van der Waals surface area contributed by atoms with Crippen LogP contribution in [0.25, 0.3) is 0 Å². The van der Waals surface area contributed by atoms with E-state index in [0.29, 0.717) is 5.92 Å². The Kier molecular flexibility index (Phi) is 4.43. The number of urea groups is 1. The molecule has 19 heavy (non-hydrogen) atoms. The van der Waals surface area contributed by atoms with Gasteiger partial charge in [-0.25, -0.2) is 4.79 Å². The minimum absolute atomic E-state index is 0.0340. The summed E-state index contributed by atoms with van der Waals surface area (Å²) in [6, 6.07) is 7.77. The van der Waals surface area contributed by atoms with Gasteiger partial charge in [0, 0.05) is 12.2 Å². The van der Waals surface area contributed by atoms with Crippen LogP contribution in [0, 0.1) is 0 Å². The highest BCUT2D eigenvalue weighted by Crippen LogP contribution is 2.21. The minimum Gasteiger partial charge on any atom is -0.394 e. The molecule has 2 N–H and O–H groups in total. The van der Waals surface area contributed by atoms with Crippen LogP contribution in [0.1, 0.15) is 38.2 Å². The molecule has 1 aromatic rings. The minimum atomic E-state index is -0.113. The molecule has 0 aromatic heterocycles. The van der Waals surface area contributed by atoms with Gasteiger partial charge >= 0.3 is 6.03 Å². The van der Waals surface area contributed by atoms with Crippen molar-refractivity contribution in [3.8, 4) is 0 Å². The van der Waals surface area contributed by atoms with Crippen molar-refractivity contribution in [2.45, 2.75) is 38.6 Å². The predicted octanol–water partition coefficient (Wildman–Crippen LogP) is 2.80. The third-order valence-corrected chi connectivity index (χ3v) is 3.65. The van der Waals surface area contributed by atoms with Crippen LogP contribution in [0.3, 0.4) is 0 Å². The van der Waals surface area contributed by atoms with Crippen molar-refractivity contribution in [3.63, 3.8) is 0 Å². The third-order valence-electron chi connectivity index (χ3n) is 3.65. The molecule has 0 bridgehead atoms. The van der Waals surface area contributed by atoms with E-state index in [0.717, 1.165) is 25.1 Å². The number of carbonyl (C=O) groups is 1. The summed E-state index contributed by atoms with van der Waals surface area (Å²) in [5, 5.41) is 12.2. The number of rotatable bonds is 3. The SMILES string of the molecule is CC(C)c1cccc(NC(=O)N2CCC[C@H]2CO)c1. The average molecular weight is 262 g/mol. The maximum Gasteiger partial charge on any atom is 0.322 e. The normalized spacial score (nSPS) is 18.9. The smallest absolute Gasteiger partial charge is 0.322 e. The molecule has 4 nitrogen and oxygen atoms in total. The van der Waals surface area contributed by atoms with Crippen LogP contribution in [0.4, 0.5) is 10.5 Å². The van der Waals surface area contributed by atoms with Crippen molar-refractivity contribution < 1.29 is 9.90 Å². The summed E-state index contributed by atoms with van der Waals surface area (Å²) >= 11 is 0. The third kappa shape index (κ3) is 3.26. The molecule has 2 amide bonds. The van der Waals surface area contributed by atoms with E-state index in [2.05, 4.69) is 25.2 Å². The van der Waals surface area contributed by atoms with Crippen LogP contribution in [-0.2, 0) is 0 Å². The van der Waals surface area contributed by atoms with Gasteiger partial charge in [0.25, 0.3) is 0 Å². The average Bonchev–Trinajstić information content (AvgIpc) is 2.87. The van der Waals surface area contributed by atoms with Crippen LogP contribution in [-0.4, -0.2) is 35.2 Å². The van der Waals surface area contributed by atoms with Crippen LogP contribution in [0.2, 0.25) is 0 Å². The van der Waals surface area contributed by atoms with E-state index in [1.807, 2.05) is 18.2 Å². The van der Waals surface area contributed by atoms with Gasteiger partial charge in [-0.2, -0.15) is 0 Å².